The summed E-state index contributed by atoms with van der Waals surface area (Å²) in [6.07, 6.45) is 5.80. The fourth-order valence-corrected chi connectivity index (χ4v) is 4.97. The summed E-state index contributed by atoms with van der Waals surface area (Å²) in [5.41, 5.74) is 1.09. The van der Waals surface area contributed by atoms with Gasteiger partial charge in [0.25, 0.3) is 0 Å². The van der Waals surface area contributed by atoms with Crippen LogP contribution in [0, 0.1) is 12.8 Å². The number of aryl methyl sites for hydroxylation is 1. The van der Waals surface area contributed by atoms with E-state index in [1.807, 2.05) is 41.8 Å². The number of fused-ring (bicyclic) bond motifs is 1. The van der Waals surface area contributed by atoms with Gasteiger partial charge in [-0.3, -0.25) is 4.79 Å². The van der Waals surface area contributed by atoms with Gasteiger partial charge in [0.15, 0.2) is 0 Å². The number of carbonyl (C=O) groups excluding carboxylic acids is 1. The maximum atomic E-state index is 12.7. The van der Waals surface area contributed by atoms with Crippen molar-refractivity contribution in [2.75, 3.05) is 24.6 Å². The highest BCUT2D eigenvalue weighted by Gasteiger charge is 2.26. The Labute approximate surface area is 188 Å². The number of nitrogens with one attached hydrogen (secondary N) is 1. The molecular weight excluding hydrogens is 406 g/mol. The Balaban J connectivity index is 1.26. The molecular formula is C25H31N3O2S. The van der Waals surface area contributed by atoms with Crippen LogP contribution in [0.1, 0.15) is 43.0 Å². The number of amides is 1. The van der Waals surface area contributed by atoms with Gasteiger partial charge in [-0.25, -0.2) is 4.98 Å². The van der Waals surface area contributed by atoms with Gasteiger partial charge in [0.1, 0.15) is 11.6 Å². The number of rotatable bonds is 8. The number of anilines is 1. The van der Waals surface area contributed by atoms with Crippen molar-refractivity contribution in [1.82, 2.24) is 10.3 Å². The molecule has 3 heterocycles. The molecule has 3 aromatic rings. The monoisotopic (exact) mass is 437 g/mol. The van der Waals surface area contributed by atoms with Crippen molar-refractivity contribution in [1.29, 1.82) is 0 Å². The summed E-state index contributed by atoms with van der Waals surface area (Å²) in [7, 11) is 0. The molecule has 0 radical (unpaired) electrons. The average Bonchev–Trinajstić information content (AvgIpc) is 3.19. The van der Waals surface area contributed by atoms with Crippen LogP contribution in [-0.4, -0.2) is 30.6 Å². The maximum Gasteiger partial charge on any atom is 0.223 e. The standard InChI is InChI=1S/C25H31N3O2S/c1-3-4-15-30-21-7-5-19(6-8-21)17-27-25(29)20-10-13-28(14-11-20)24-22-16-18(2)31-23(22)9-12-26-24/h5-9,12,16,20H,3-4,10-11,13-15,17H2,1-2H3,(H,27,29). The van der Waals surface area contributed by atoms with E-state index < -0.39 is 0 Å². The summed E-state index contributed by atoms with van der Waals surface area (Å²) in [4.78, 5) is 21.0. The van der Waals surface area contributed by atoms with Crippen molar-refractivity contribution in [2.24, 2.45) is 5.92 Å². The van der Waals surface area contributed by atoms with Crippen molar-refractivity contribution in [3.05, 3.63) is 53.0 Å². The number of nitrogens with zero attached hydrogens (tertiary/aromatic N) is 2. The lowest BCUT2D eigenvalue weighted by Gasteiger charge is -2.32. The van der Waals surface area contributed by atoms with Crippen LogP contribution in [0.25, 0.3) is 10.1 Å². The quantitative estimate of drug-likeness (QED) is 0.485. The van der Waals surface area contributed by atoms with Crippen LogP contribution in [0.2, 0.25) is 0 Å². The highest BCUT2D eigenvalue weighted by Crippen LogP contribution is 2.33. The molecule has 0 unspecified atom stereocenters. The molecule has 1 aliphatic rings. The predicted octanol–water partition coefficient (Wildman–Crippen LogP) is 5.32. The average molecular weight is 438 g/mol. The molecule has 0 aliphatic carbocycles. The lowest BCUT2D eigenvalue weighted by Crippen LogP contribution is -2.40. The van der Waals surface area contributed by atoms with Crippen molar-refractivity contribution < 1.29 is 9.53 Å². The van der Waals surface area contributed by atoms with Crippen molar-refractivity contribution in [2.45, 2.75) is 46.1 Å². The van der Waals surface area contributed by atoms with E-state index in [0.717, 1.165) is 62.5 Å². The van der Waals surface area contributed by atoms with Crippen LogP contribution >= 0.6 is 11.3 Å². The van der Waals surface area contributed by atoms with E-state index in [1.54, 1.807) is 0 Å². The number of ether oxygens (including phenoxy) is 1. The Morgan fingerprint density at radius 3 is 2.74 bits per heavy atom. The fourth-order valence-electron chi connectivity index (χ4n) is 4.05. The third-order valence-corrected chi connectivity index (χ3v) is 6.89. The first-order chi connectivity index (χ1) is 15.1. The molecule has 1 saturated heterocycles. The molecule has 0 saturated carbocycles. The van der Waals surface area contributed by atoms with Gasteiger partial charge in [-0.15, -0.1) is 11.3 Å². The summed E-state index contributed by atoms with van der Waals surface area (Å²) in [5.74, 6) is 2.17. The lowest BCUT2D eigenvalue weighted by molar-refractivity contribution is -0.125. The fraction of sp³-hybridized carbons (Fsp3) is 0.440. The zero-order valence-electron chi connectivity index (χ0n) is 18.4. The van der Waals surface area contributed by atoms with Crippen LogP contribution in [0.4, 0.5) is 5.82 Å². The largest absolute Gasteiger partial charge is 0.494 e. The predicted molar refractivity (Wildman–Crippen MR) is 128 cm³/mol. The molecule has 0 spiro atoms. The Kier molecular flexibility index (Phi) is 7.07. The molecule has 164 valence electrons. The summed E-state index contributed by atoms with van der Waals surface area (Å²) in [6.45, 7) is 7.33. The minimum Gasteiger partial charge on any atom is -0.494 e. The summed E-state index contributed by atoms with van der Waals surface area (Å²) in [5, 5.41) is 4.35. The van der Waals surface area contributed by atoms with E-state index >= 15 is 0 Å². The molecule has 1 amide bonds. The van der Waals surface area contributed by atoms with Gasteiger partial charge < -0.3 is 15.0 Å². The van der Waals surface area contributed by atoms with Gasteiger partial charge in [0.2, 0.25) is 5.91 Å². The number of pyridine rings is 1. The second-order valence-corrected chi connectivity index (χ2v) is 9.52. The van der Waals surface area contributed by atoms with E-state index in [9.17, 15) is 4.79 Å². The number of piperidine rings is 1. The molecule has 1 aromatic carbocycles. The van der Waals surface area contributed by atoms with E-state index in [4.69, 9.17) is 4.74 Å². The zero-order valence-corrected chi connectivity index (χ0v) is 19.2. The van der Waals surface area contributed by atoms with E-state index in [1.165, 1.54) is 15.0 Å². The first kappa shape index (κ1) is 21.6. The van der Waals surface area contributed by atoms with Crippen molar-refractivity contribution in [3.63, 3.8) is 0 Å². The smallest absolute Gasteiger partial charge is 0.223 e. The molecule has 6 heteroatoms. The zero-order chi connectivity index (χ0) is 21.6. The topological polar surface area (TPSA) is 54.5 Å². The molecule has 1 aliphatic heterocycles. The van der Waals surface area contributed by atoms with Crippen molar-refractivity contribution >= 4 is 33.1 Å². The molecule has 0 bridgehead atoms. The second-order valence-electron chi connectivity index (χ2n) is 8.23. The molecule has 0 atom stereocenters. The van der Waals surface area contributed by atoms with Crippen LogP contribution in [-0.2, 0) is 11.3 Å². The summed E-state index contributed by atoms with van der Waals surface area (Å²) in [6, 6.07) is 12.3. The second kappa shape index (κ2) is 10.1. The third-order valence-electron chi connectivity index (χ3n) is 5.87. The Morgan fingerprint density at radius 1 is 1.23 bits per heavy atom. The van der Waals surface area contributed by atoms with Crippen molar-refractivity contribution in [3.8, 4) is 5.75 Å². The minimum atomic E-state index is 0.0660. The van der Waals surface area contributed by atoms with Gasteiger partial charge in [0, 0.05) is 46.7 Å². The van der Waals surface area contributed by atoms with E-state index in [0.29, 0.717) is 6.54 Å². The van der Waals surface area contributed by atoms with Crippen LogP contribution < -0.4 is 15.0 Å². The highest BCUT2D eigenvalue weighted by molar-refractivity contribution is 7.19. The van der Waals surface area contributed by atoms with E-state index in [-0.39, 0.29) is 11.8 Å². The first-order valence-electron chi connectivity index (χ1n) is 11.2. The maximum absolute atomic E-state index is 12.7. The van der Waals surface area contributed by atoms with Crippen LogP contribution in [0.5, 0.6) is 5.75 Å². The third kappa shape index (κ3) is 5.37. The Hall–Kier alpha value is -2.60. The van der Waals surface area contributed by atoms with Gasteiger partial charge in [-0.2, -0.15) is 0 Å². The van der Waals surface area contributed by atoms with E-state index in [2.05, 4.69) is 41.2 Å². The van der Waals surface area contributed by atoms with Gasteiger partial charge in [0.05, 0.1) is 6.61 Å². The Morgan fingerprint density at radius 2 is 2.00 bits per heavy atom. The number of hydrogen-bond acceptors (Lipinski definition) is 5. The number of aromatic nitrogens is 1. The van der Waals surface area contributed by atoms with Crippen LogP contribution in [0.15, 0.2) is 42.6 Å². The molecule has 4 rings (SSSR count). The molecule has 1 N–H and O–H groups in total. The normalized spacial score (nSPS) is 14.7. The number of unbranched alkanes of at least 4 members (excludes halogenated alkanes) is 1. The number of carbonyl (C=O) groups is 1. The Bertz CT molecular complexity index is 1010. The number of benzene rings is 1. The lowest BCUT2D eigenvalue weighted by atomic mass is 9.95. The first-order valence-corrected chi connectivity index (χ1v) is 12.0. The minimum absolute atomic E-state index is 0.0660. The van der Waals surface area contributed by atoms with Gasteiger partial charge in [-0.05, 0) is 56.0 Å². The molecule has 5 nitrogen and oxygen atoms in total. The van der Waals surface area contributed by atoms with Gasteiger partial charge >= 0.3 is 0 Å². The highest BCUT2D eigenvalue weighted by atomic mass is 32.1. The van der Waals surface area contributed by atoms with Crippen LogP contribution in [0.3, 0.4) is 0 Å². The molecule has 2 aromatic heterocycles. The SMILES string of the molecule is CCCCOc1ccc(CNC(=O)C2CCN(c3nccc4sc(C)cc34)CC2)cc1. The molecule has 31 heavy (non-hydrogen) atoms. The molecule has 1 fully saturated rings. The number of thiophene rings is 1. The van der Waals surface area contributed by atoms with Gasteiger partial charge in [-0.1, -0.05) is 25.5 Å². The number of hydrogen-bond donors (Lipinski definition) is 1. The summed E-state index contributed by atoms with van der Waals surface area (Å²) >= 11 is 1.81. The summed E-state index contributed by atoms with van der Waals surface area (Å²) < 4.78 is 6.98.